The molecule has 2 rings (SSSR count). The summed E-state index contributed by atoms with van der Waals surface area (Å²) in [5, 5.41) is 18.9. The van der Waals surface area contributed by atoms with Gasteiger partial charge in [0.05, 0.1) is 28.9 Å². The van der Waals surface area contributed by atoms with E-state index in [-0.39, 0.29) is 28.0 Å². The fourth-order valence-corrected chi connectivity index (χ4v) is 3.05. The van der Waals surface area contributed by atoms with Crippen molar-refractivity contribution in [3.05, 3.63) is 58.7 Å². The monoisotopic (exact) mass is 385 g/mol. The third-order valence-electron chi connectivity index (χ3n) is 4.39. The van der Waals surface area contributed by atoms with Gasteiger partial charge in [0, 0.05) is 24.8 Å². The van der Waals surface area contributed by atoms with Crippen molar-refractivity contribution < 1.29 is 29.3 Å². The molecule has 0 unspecified atom stereocenters. The number of hydrogen-bond donors (Lipinski definition) is 2. The van der Waals surface area contributed by atoms with Gasteiger partial charge in [-0.3, -0.25) is 4.79 Å². The summed E-state index contributed by atoms with van der Waals surface area (Å²) in [4.78, 5) is 38.4. The summed E-state index contributed by atoms with van der Waals surface area (Å²) in [5.41, 5.74) is -0.108. The number of carbonyl (C=O) groups is 3. The number of anilines is 1. The van der Waals surface area contributed by atoms with Crippen molar-refractivity contribution >= 4 is 23.4 Å². The largest absolute Gasteiger partial charge is 0.493 e. The first kappa shape index (κ1) is 21.0. The molecule has 148 valence electrons. The minimum absolute atomic E-state index is 0.119. The minimum Gasteiger partial charge on any atom is -0.493 e. The first-order valence-electron chi connectivity index (χ1n) is 9.01. The van der Waals surface area contributed by atoms with Crippen LogP contribution < -0.4 is 9.64 Å². The van der Waals surface area contributed by atoms with Crippen LogP contribution in [0.3, 0.4) is 0 Å². The van der Waals surface area contributed by atoms with Gasteiger partial charge >= 0.3 is 11.9 Å². The maximum Gasteiger partial charge on any atom is 0.336 e. The summed E-state index contributed by atoms with van der Waals surface area (Å²) in [6.07, 6.45) is 0. The van der Waals surface area contributed by atoms with Gasteiger partial charge in [-0.05, 0) is 45.0 Å². The molecule has 2 aromatic rings. The molecule has 0 heterocycles. The van der Waals surface area contributed by atoms with Gasteiger partial charge in [0.25, 0.3) is 0 Å². The maximum absolute atomic E-state index is 13.2. The lowest BCUT2D eigenvalue weighted by molar-refractivity contribution is 0.0689. The molecule has 0 atom stereocenters. The van der Waals surface area contributed by atoms with Gasteiger partial charge in [-0.1, -0.05) is 6.07 Å². The van der Waals surface area contributed by atoms with Crippen LogP contribution >= 0.6 is 0 Å². The lowest BCUT2D eigenvalue weighted by atomic mass is 9.92. The highest BCUT2D eigenvalue weighted by Gasteiger charge is 2.27. The molecule has 0 aliphatic heterocycles. The molecule has 0 fully saturated rings. The van der Waals surface area contributed by atoms with Crippen molar-refractivity contribution in [2.75, 3.05) is 24.6 Å². The summed E-state index contributed by atoms with van der Waals surface area (Å²) in [7, 11) is 0. The Hall–Kier alpha value is -3.35. The molecule has 2 aromatic carbocycles. The normalized spacial score (nSPS) is 10.4. The number of nitrogens with zero attached hydrogens (tertiary/aromatic N) is 1. The Morgan fingerprint density at radius 2 is 1.46 bits per heavy atom. The highest BCUT2D eigenvalue weighted by Crippen LogP contribution is 2.30. The van der Waals surface area contributed by atoms with E-state index in [4.69, 9.17) is 4.74 Å². The van der Waals surface area contributed by atoms with Crippen LogP contribution in [-0.2, 0) is 0 Å². The molecule has 0 aromatic heterocycles. The Bertz CT molecular complexity index is 870. The van der Waals surface area contributed by atoms with Gasteiger partial charge in [0.2, 0.25) is 0 Å². The van der Waals surface area contributed by atoms with Gasteiger partial charge in [-0.2, -0.15) is 0 Å². The number of benzene rings is 2. The molecule has 0 saturated heterocycles. The van der Waals surface area contributed by atoms with E-state index in [2.05, 4.69) is 4.90 Å². The molecule has 28 heavy (non-hydrogen) atoms. The fraction of sp³-hybridized carbons (Fsp3) is 0.286. The van der Waals surface area contributed by atoms with Crippen LogP contribution in [0.25, 0.3) is 0 Å². The summed E-state index contributed by atoms with van der Waals surface area (Å²) >= 11 is 0. The zero-order chi connectivity index (χ0) is 20.8. The quantitative estimate of drug-likeness (QED) is 0.636. The maximum atomic E-state index is 13.2. The van der Waals surface area contributed by atoms with Crippen LogP contribution in [-0.4, -0.2) is 47.6 Å². The second-order valence-electron chi connectivity index (χ2n) is 5.95. The highest BCUT2D eigenvalue weighted by molar-refractivity contribution is 6.19. The van der Waals surface area contributed by atoms with E-state index < -0.39 is 17.7 Å². The van der Waals surface area contributed by atoms with Gasteiger partial charge in [0.15, 0.2) is 5.78 Å². The molecule has 0 radical (unpaired) electrons. The number of ether oxygens (including phenoxy) is 1. The number of carboxylic acids is 2. The zero-order valence-corrected chi connectivity index (χ0v) is 16.1. The molecule has 0 aliphatic rings. The van der Waals surface area contributed by atoms with E-state index in [1.807, 2.05) is 13.8 Å². The van der Waals surface area contributed by atoms with Crippen molar-refractivity contribution in [1.29, 1.82) is 0 Å². The lowest BCUT2D eigenvalue weighted by Crippen LogP contribution is -2.22. The molecule has 7 heteroatoms. The standard InChI is InChI=1S/C21H23NO6/c1-4-22(5-2)13-10-11-14(17(12-13)28-6-3)19(23)18-15(20(24)25)8-7-9-16(18)21(26)27/h7-12H,4-6H2,1-3H3,(H,24,25)(H,26,27). The number of hydrogen-bond acceptors (Lipinski definition) is 5. The van der Waals surface area contributed by atoms with Gasteiger partial charge in [-0.15, -0.1) is 0 Å². The molecule has 0 amide bonds. The third-order valence-corrected chi connectivity index (χ3v) is 4.39. The van der Waals surface area contributed by atoms with Crippen LogP contribution in [0.15, 0.2) is 36.4 Å². The first-order valence-corrected chi connectivity index (χ1v) is 9.01. The highest BCUT2D eigenvalue weighted by atomic mass is 16.5. The van der Waals surface area contributed by atoms with Crippen molar-refractivity contribution in [1.82, 2.24) is 0 Å². The topological polar surface area (TPSA) is 104 Å². The number of ketones is 1. The van der Waals surface area contributed by atoms with Gasteiger partial charge in [0.1, 0.15) is 5.75 Å². The molecular formula is C21H23NO6. The number of aromatic carboxylic acids is 2. The molecule has 0 saturated carbocycles. The number of carbonyl (C=O) groups excluding carboxylic acids is 1. The average Bonchev–Trinajstić information content (AvgIpc) is 2.68. The third kappa shape index (κ3) is 4.14. The number of rotatable bonds is 9. The molecule has 7 nitrogen and oxygen atoms in total. The lowest BCUT2D eigenvalue weighted by Gasteiger charge is -2.22. The Morgan fingerprint density at radius 3 is 1.93 bits per heavy atom. The van der Waals surface area contributed by atoms with Crippen LogP contribution in [0.4, 0.5) is 5.69 Å². The van der Waals surface area contributed by atoms with Crippen molar-refractivity contribution in [2.45, 2.75) is 20.8 Å². The van der Waals surface area contributed by atoms with E-state index in [1.165, 1.54) is 18.2 Å². The molecule has 0 spiro atoms. The fourth-order valence-electron chi connectivity index (χ4n) is 3.05. The predicted octanol–water partition coefficient (Wildman–Crippen LogP) is 3.56. The van der Waals surface area contributed by atoms with Crippen molar-refractivity contribution in [2.24, 2.45) is 0 Å². The Morgan fingerprint density at radius 1 is 0.893 bits per heavy atom. The minimum atomic E-state index is -1.37. The molecular weight excluding hydrogens is 362 g/mol. The average molecular weight is 385 g/mol. The van der Waals surface area contributed by atoms with Crippen molar-refractivity contribution in [3.8, 4) is 5.75 Å². The van der Waals surface area contributed by atoms with Crippen LogP contribution in [0.5, 0.6) is 5.75 Å². The van der Waals surface area contributed by atoms with E-state index in [0.29, 0.717) is 6.61 Å². The predicted molar refractivity (Wildman–Crippen MR) is 105 cm³/mol. The smallest absolute Gasteiger partial charge is 0.336 e. The molecule has 2 N–H and O–H groups in total. The van der Waals surface area contributed by atoms with E-state index in [0.717, 1.165) is 18.8 Å². The van der Waals surface area contributed by atoms with E-state index in [9.17, 15) is 24.6 Å². The first-order chi connectivity index (χ1) is 13.3. The SMILES string of the molecule is CCOc1cc(N(CC)CC)ccc1C(=O)c1c(C(=O)O)cccc1C(=O)O. The van der Waals surface area contributed by atoms with Crippen LogP contribution in [0, 0.1) is 0 Å². The summed E-state index contributed by atoms with van der Waals surface area (Å²) in [6, 6.07) is 8.74. The molecule has 0 bridgehead atoms. The van der Waals surface area contributed by atoms with Crippen LogP contribution in [0.1, 0.15) is 57.4 Å². The Balaban J connectivity index is 2.67. The second-order valence-corrected chi connectivity index (χ2v) is 5.95. The Labute approximate surface area is 163 Å². The summed E-state index contributed by atoms with van der Waals surface area (Å²) in [6.45, 7) is 7.61. The van der Waals surface area contributed by atoms with Gasteiger partial charge in [-0.25, -0.2) is 9.59 Å². The second kappa shape index (κ2) is 9.03. The van der Waals surface area contributed by atoms with E-state index in [1.54, 1.807) is 25.1 Å². The Kier molecular flexibility index (Phi) is 6.76. The molecule has 0 aliphatic carbocycles. The summed E-state index contributed by atoms with van der Waals surface area (Å²) in [5.74, 6) is -3.16. The number of carboxylic acid groups (broad SMARTS) is 2. The van der Waals surface area contributed by atoms with Crippen molar-refractivity contribution in [3.63, 3.8) is 0 Å². The zero-order valence-electron chi connectivity index (χ0n) is 16.1. The van der Waals surface area contributed by atoms with Crippen LogP contribution in [0.2, 0.25) is 0 Å². The summed E-state index contributed by atoms with van der Waals surface area (Å²) < 4.78 is 5.62. The van der Waals surface area contributed by atoms with Gasteiger partial charge < -0.3 is 19.8 Å². The van der Waals surface area contributed by atoms with E-state index >= 15 is 0 Å².